The average Bonchev–Trinajstić information content (AvgIpc) is 2.66. The van der Waals surface area contributed by atoms with Gasteiger partial charge in [-0.3, -0.25) is 5.10 Å². The van der Waals surface area contributed by atoms with Gasteiger partial charge in [-0.25, -0.2) is 4.39 Å². The molecule has 1 aromatic heterocycles. The lowest BCUT2D eigenvalue weighted by molar-refractivity contribution is 0.619. The van der Waals surface area contributed by atoms with E-state index in [4.69, 9.17) is 0 Å². The predicted octanol–water partition coefficient (Wildman–Crippen LogP) is 2.60. The van der Waals surface area contributed by atoms with Crippen LogP contribution in [0.15, 0.2) is 30.6 Å². The van der Waals surface area contributed by atoms with E-state index in [2.05, 4.69) is 15.5 Å². The SMILES string of the molecule is Cc1c(F)cccc1Nc1cn[nH]c1. The standard InChI is InChI=1S/C10H10FN3/c1-7-9(11)3-2-4-10(7)14-8-5-12-13-6-8/h2-6,14H,1H3,(H,12,13). The van der Waals surface area contributed by atoms with Crippen LogP contribution in [0.1, 0.15) is 5.56 Å². The number of rotatable bonds is 2. The van der Waals surface area contributed by atoms with Crippen molar-refractivity contribution in [3.05, 3.63) is 42.0 Å². The summed E-state index contributed by atoms with van der Waals surface area (Å²) in [5, 5.41) is 9.53. The van der Waals surface area contributed by atoms with E-state index in [9.17, 15) is 4.39 Å². The van der Waals surface area contributed by atoms with Gasteiger partial charge in [0, 0.05) is 17.4 Å². The van der Waals surface area contributed by atoms with Crippen LogP contribution in [0.4, 0.5) is 15.8 Å². The van der Waals surface area contributed by atoms with Gasteiger partial charge in [-0.2, -0.15) is 5.10 Å². The summed E-state index contributed by atoms with van der Waals surface area (Å²) >= 11 is 0. The Morgan fingerprint density at radius 3 is 3.00 bits per heavy atom. The molecule has 2 rings (SSSR count). The number of halogens is 1. The third-order valence-corrected chi connectivity index (χ3v) is 2.04. The minimum absolute atomic E-state index is 0.210. The lowest BCUT2D eigenvalue weighted by Gasteiger charge is -2.07. The van der Waals surface area contributed by atoms with Crippen molar-refractivity contribution in [1.29, 1.82) is 0 Å². The van der Waals surface area contributed by atoms with E-state index in [-0.39, 0.29) is 5.82 Å². The Morgan fingerprint density at radius 2 is 2.29 bits per heavy atom. The van der Waals surface area contributed by atoms with E-state index in [1.54, 1.807) is 25.4 Å². The second-order valence-electron chi connectivity index (χ2n) is 3.02. The Labute approximate surface area is 81.0 Å². The van der Waals surface area contributed by atoms with Gasteiger partial charge in [0.15, 0.2) is 0 Å². The van der Waals surface area contributed by atoms with Crippen molar-refractivity contribution in [3.63, 3.8) is 0 Å². The maximum absolute atomic E-state index is 13.1. The molecule has 1 aromatic carbocycles. The highest BCUT2D eigenvalue weighted by atomic mass is 19.1. The maximum atomic E-state index is 13.1. The van der Waals surface area contributed by atoms with Crippen LogP contribution in [-0.4, -0.2) is 10.2 Å². The number of hydrogen-bond donors (Lipinski definition) is 2. The zero-order valence-corrected chi connectivity index (χ0v) is 7.71. The Morgan fingerprint density at radius 1 is 1.43 bits per heavy atom. The molecule has 14 heavy (non-hydrogen) atoms. The molecule has 4 heteroatoms. The molecule has 2 N–H and O–H groups in total. The van der Waals surface area contributed by atoms with Crippen molar-refractivity contribution >= 4 is 11.4 Å². The highest BCUT2D eigenvalue weighted by Crippen LogP contribution is 2.21. The molecule has 0 fully saturated rings. The second-order valence-corrected chi connectivity index (χ2v) is 3.02. The largest absolute Gasteiger partial charge is 0.353 e. The predicted molar refractivity (Wildman–Crippen MR) is 53.0 cm³/mol. The van der Waals surface area contributed by atoms with Gasteiger partial charge in [-0.05, 0) is 19.1 Å². The summed E-state index contributed by atoms with van der Waals surface area (Å²) in [6.07, 6.45) is 3.36. The maximum Gasteiger partial charge on any atom is 0.128 e. The summed E-state index contributed by atoms with van der Waals surface area (Å²) in [4.78, 5) is 0. The zero-order valence-electron chi connectivity index (χ0n) is 7.71. The van der Waals surface area contributed by atoms with E-state index in [1.165, 1.54) is 6.07 Å². The van der Waals surface area contributed by atoms with Crippen molar-refractivity contribution in [1.82, 2.24) is 10.2 Å². The van der Waals surface area contributed by atoms with Gasteiger partial charge in [-0.1, -0.05) is 6.07 Å². The second kappa shape index (κ2) is 3.49. The van der Waals surface area contributed by atoms with Crippen molar-refractivity contribution in [2.24, 2.45) is 0 Å². The topological polar surface area (TPSA) is 40.7 Å². The number of hydrogen-bond acceptors (Lipinski definition) is 2. The van der Waals surface area contributed by atoms with Gasteiger partial charge in [0.25, 0.3) is 0 Å². The third-order valence-electron chi connectivity index (χ3n) is 2.04. The van der Waals surface area contributed by atoms with E-state index < -0.39 is 0 Å². The zero-order chi connectivity index (χ0) is 9.97. The molecule has 2 aromatic rings. The molecule has 0 saturated heterocycles. The molecule has 1 heterocycles. The van der Waals surface area contributed by atoms with Crippen LogP contribution in [0.2, 0.25) is 0 Å². The van der Waals surface area contributed by atoms with Crippen LogP contribution in [0.3, 0.4) is 0 Å². The third kappa shape index (κ3) is 1.59. The summed E-state index contributed by atoms with van der Waals surface area (Å²) in [5.41, 5.74) is 2.18. The minimum atomic E-state index is -0.210. The normalized spacial score (nSPS) is 10.1. The van der Waals surface area contributed by atoms with Crippen LogP contribution in [0.25, 0.3) is 0 Å². The molecule has 0 amide bonds. The van der Waals surface area contributed by atoms with Gasteiger partial charge in [0.2, 0.25) is 0 Å². The van der Waals surface area contributed by atoms with Crippen LogP contribution >= 0.6 is 0 Å². The molecular formula is C10H10FN3. The van der Waals surface area contributed by atoms with Crippen molar-refractivity contribution < 1.29 is 4.39 Å². The number of nitrogens with one attached hydrogen (secondary N) is 2. The fourth-order valence-electron chi connectivity index (χ4n) is 1.22. The molecule has 0 aliphatic carbocycles. The Balaban J connectivity index is 2.29. The number of aromatic nitrogens is 2. The first-order chi connectivity index (χ1) is 6.77. The first-order valence-electron chi connectivity index (χ1n) is 4.28. The summed E-state index contributed by atoms with van der Waals surface area (Å²) < 4.78 is 13.1. The van der Waals surface area contributed by atoms with E-state index >= 15 is 0 Å². The average molecular weight is 191 g/mol. The summed E-state index contributed by atoms with van der Waals surface area (Å²) in [6, 6.07) is 4.94. The highest BCUT2D eigenvalue weighted by molar-refractivity contribution is 5.61. The van der Waals surface area contributed by atoms with Crippen LogP contribution in [0, 0.1) is 12.7 Å². The monoisotopic (exact) mass is 191 g/mol. The Bertz CT molecular complexity index is 423. The molecule has 0 bridgehead atoms. The molecule has 3 nitrogen and oxygen atoms in total. The van der Waals surface area contributed by atoms with Crippen LogP contribution in [0.5, 0.6) is 0 Å². The molecule has 0 saturated carbocycles. The highest BCUT2D eigenvalue weighted by Gasteiger charge is 2.03. The van der Waals surface area contributed by atoms with E-state index in [1.807, 2.05) is 6.07 Å². The fraction of sp³-hybridized carbons (Fsp3) is 0.100. The van der Waals surface area contributed by atoms with Gasteiger partial charge < -0.3 is 5.32 Å². The lowest BCUT2D eigenvalue weighted by atomic mass is 10.2. The first kappa shape index (κ1) is 8.74. The van der Waals surface area contributed by atoms with E-state index in [0.717, 1.165) is 11.4 Å². The van der Waals surface area contributed by atoms with Gasteiger partial charge in [-0.15, -0.1) is 0 Å². The molecule has 0 unspecified atom stereocenters. The van der Waals surface area contributed by atoms with Gasteiger partial charge in [0.1, 0.15) is 5.82 Å². The Hall–Kier alpha value is -1.84. The lowest BCUT2D eigenvalue weighted by Crippen LogP contribution is -1.93. The first-order valence-corrected chi connectivity index (χ1v) is 4.28. The smallest absolute Gasteiger partial charge is 0.128 e. The van der Waals surface area contributed by atoms with Gasteiger partial charge in [0.05, 0.1) is 11.9 Å². The quantitative estimate of drug-likeness (QED) is 0.766. The minimum Gasteiger partial charge on any atom is -0.353 e. The molecule has 0 radical (unpaired) electrons. The Kier molecular flexibility index (Phi) is 2.18. The molecule has 0 aliphatic rings. The molecule has 0 spiro atoms. The van der Waals surface area contributed by atoms with Gasteiger partial charge >= 0.3 is 0 Å². The molecule has 0 aliphatic heterocycles. The number of aromatic amines is 1. The number of H-pyrrole nitrogens is 1. The van der Waals surface area contributed by atoms with E-state index in [0.29, 0.717) is 5.56 Å². The van der Waals surface area contributed by atoms with Crippen molar-refractivity contribution in [2.75, 3.05) is 5.32 Å². The molecule has 0 atom stereocenters. The number of benzene rings is 1. The number of nitrogens with zero attached hydrogens (tertiary/aromatic N) is 1. The molecule has 72 valence electrons. The van der Waals surface area contributed by atoms with Crippen molar-refractivity contribution in [2.45, 2.75) is 6.92 Å². The summed E-state index contributed by atoms with van der Waals surface area (Å²) in [7, 11) is 0. The summed E-state index contributed by atoms with van der Waals surface area (Å²) in [5.74, 6) is -0.210. The number of anilines is 2. The van der Waals surface area contributed by atoms with Crippen molar-refractivity contribution in [3.8, 4) is 0 Å². The van der Waals surface area contributed by atoms with Crippen LogP contribution in [-0.2, 0) is 0 Å². The van der Waals surface area contributed by atoms with Crippen LogP contribution < -0.4 is 5.32 Å². The fourth-order valence-corrected chi connectivity index (χ4v) is 1.22. The summed E-state index contributed by atoms with van der Waals surface area (Å²) in [6.45, 7) is 1.73. The molecular weight excluding hydrogens is 181 g/mol.